The Hall–Kier alpha value is -3.28. The second-order valence-electron chi connectivity index (χ2n) is 4.91. The van der Waals surface area contributed by atoms with E-state index in [4.69, 9.17) is 14.2 Å². The summed E-state index contributed by atoms with van der Waals surface area (Å²) in [5.74, 6) is 0.793. The molecule has 1 N–H and O–H groups in total. The monoisotopic (exact) mass is 365 g/mol. The van der Waals surface area contributed by atoms with Gasteiger partial charge < -0.3 is 24.0 Å². The van der Waals surface area contributed by atoms with Crippen molar-refractivity contribution in [3.05, 3.63) is 29.1 Å². The summed E-state index contributed by atoms with van der Waals surface area (Å²) in [6.45, 7) is 0. The van der Waals surface area contributed by atoms with Crippen molar-refractivity contribution in [1.29, 1.82) is 5.26 Å². The Bertz CT molecular complexity index is 857. The molecule has 26 heavy (non-hydrogen) atoms. The smallest absolute Gasteiger partial charge is 0.267 e. The summed E-state index contributed by atoms with van der Waals surface area (Å²) in [5, 5.41) is 12.8. The molecular formula is C17H17F2N3O4. The molecule has 0 aliphatic rings. The van der Waals surface area contributed by atoms with E-state index in [-0.39, 0.29) is 34.0 Å². The topological polar surface area (TPSA) is 88.9 Å². The maximum Gasteiger partial charge on any atom is 0.267 e. The average Bonchev–Trinajstić information content (AvgIpc) is 3.03. The van der Waals surface area contributed by atoms with Crippen LogP contribution in [-0.2, 0) is 4.84 Å². The molecule has 0 bridgehead atoms. The van der Waals surface area contributed by atoms with Crippen LogP contribution in [0.2, 0.25) is 0 Å². The lowest BCUT2D eigenvalue weighted by atomic mass is 9.98. The first-order chi connectivity index (χ1) is 12.5. The number of oxime groups is 1. The zero-order valence-electron chi connectivity index (χ0n) is 14.6. The minimum Gasteiger partial charge on any atom is -0.493 e. The van der Waals surface area contributed by atoms with E-state index in [0.717, 1.165) is 0 Å². The summed E-state index contributed by atoms with van der Waals surface area (Å²) < 4.78 is 43.3. The van der Waals surface area contributed by atoms with Crippen molar-refractivity contribution in [2.24, 2.45) is 5.16 Å². The number of aromatic amines is 1. The van der Waals surface area contributed by atoms with Crippen LogP contribution < -0.4 is 14.2 Å². The number of rotatable bonds is 7. The van der Waals surface area contributed by atoms with Gasteiger partial charge in [0.2, 0.25) is 5.75 Å². The van der Waals surface area contributed by atoms with Crippen molar-refractivity contribution >= 4 is 6.21 Å². The molecule has 0 fully saturated rings. The number of aromatic nitrogens is 1. The van der Waals surface area contributed by atoms with Crippen LogP contribution >= 0.6 is 0 Å². The van der Waals surface area contributed by atoms with Crippen molar-refractivity contribution < 1.29 is 27.8 Å². The zero-order valence-corrected chi connectivity index (χ0v) is 14.6. The highest BCUT2D eigenvalue weighted by Gasteiger charge is 2.29. The lowest BCUT2D eigenvalue weighted by Crippen LogP contribution is -1.99. The molecule has 0 saturated heterocycles. The largest absolute Gasteiger partial charge is 0.493 e. The van der Waals surface area contributed by atoms with Gasteiger partial charge in [-0.15, -0.1) is 0 Å². The normalized spacial score (nSPS) is 10.8. The van der Waals surface area contributed by atoms with Gasteiger partial charge in [0.1, 0.15) is 18.9 Å². The third kappa shape index (κ3) is 3.26. The fourth-order valence-corrected chi connectivity index (χ4v) is 2.63. The highest BCUT2D eigenvalue weighted by Crippen LogP contribution is 2.47. The summed E-state index contributed by atoms with van der Waals surface area (Å²) in [6.07, 6.45) is -1.70. The lowest BCUT2D eigenvalue weighted by Gasteiger charge is -2.16. The maximum absolute atomic E-state index is 13.7. The molecule has 0 radical (unpaired) electrons. The molecule has 2 aromatic rings. The number of ether oxygens (including phenoxy) is 3. The van der Waals surface area contributed by atoms with Crippen molar-refractivity contribution in [2.75, 3.05) is 28.4 Å². The molecular weight excluding hydrogens is 348 g/mol. The first-order valence-electron chi connectivity index (χ1n) is 7.33. The number of H-pyrrole nitrogens is 1. The summed E-state index contributed by atoms with van der Waals surface area (Å²) in [4.78, 5) is 7.26. The Kier molecular flexibility index (Phi) is 6.01. The summed E-state index contributed by atoms with van der Waals surface area (Å²) in [6, 6.07) is 4.84. The van der Waals surface area contributed by atoms with Gasteiger partial charge in [0.15, 0.2) is 11.5 Å². The number of nitriles is 1. The van der Waals surface area contributed by atoms with E-state index in [1.807, 2.05) is 0 Å². The Balaban J connectivity index is 2.89. The fourth-order valence-electron chi connectivity index (χ4n) is 2.63. The van der Waals surface area contributed by atoms with Crippen LogP contribution in [0.15, 0.2) is 17.3 Å². The first kappa shape index (κ1) is 19.1. The van der Waals surface area contributed by atoms with Gasteiger partial charge in [0.05, 0.1) is 38.8 Å². The van der Waals surface area contributed by atoms with Crippen LogP contribution in [0.5, 0.6) is 17.2 Å². The van der Waals surface area contributed by atoms with Gasteiger partial charge in [-0.05, 0) is 12.1 Å². The van der Waals surface area contributed by atoms with E-state index in [0.29, 0.717) is 5.75 Å². The molecule has 1 aromatic carbocycles. The van der Waals surface area contributed by atoms with Crippen LogP contribution in [-0.4, -0.2) is 39.6 Å². The zero-order chi connectivity index (χ0) is 19.3. The molecule has 0 unspecified atom stereocenters. The molecule has 0 saturated carbocycles. The molecule has 9 heteroatoms. The second-order valence-corrected chi connectivity index (χ2v) is 4.91. The number of halogens is 2. The number of alkyl halides is 2. The Morgan fingerprint density at radius 2 is 1.81 bits per heavy atom. The SMILES string of the molecule is CO/N=C/c1[nH]c(C#N)c(C(F)F)c1-c1ccc(OC)c(OC)c1OC. The molecule has 0 spiro atoms. The van der Waals surface area contributed by atoms with E-state index < -0.39 is 12.0 Å². The van der Waals surface area contributed by atoms with E-state index in [1.54, 1.807) is 18.2 Å². The van der Waals surface area contributed by atoms with Crippen molar-refractivity contribution in [1.82, 2.24) is 4.98 Å². The third-order valence-electron chi connectivity index (χ3n) is 3.66. The van der Waals surface area contributed by atoms with Gasteiger partial charge in [0, 0.05) is 11.1 Å². The summed E-state index contributed by atoms with van der Waals surface area (Å²) >= 11 is 0. The highest BCUT2D eigenvalue weighted by atomic mass is 19.3. The summed E-state index contributed by atoms with van der Waals surface area (Å²) in [5.41, 5.74) is -0.213. The van der Waals surface area contributed by atoms with Gasteiger partial charge in [0.25, 0.3) is 6.43 Å². The van der Waals surface area contributed by atoms with Gasteiger partial charge >= 0.3 is 0 Å². The highest BCUT2D eigenvalue weighted by molar-refractivity contribution is 5.94. The minimum atomic E-state index is -2.90. The molecule has 2 rings (SSSR count). The van der Waals surface area contributed by atoms with E-state index in [2.05, 4.69) is 15.0 Å². The van der Waals surface area contributed by atoms with Gasteiger partial charge in [-0.3, -0.25) is 0 Å². The molecule has 138 valence electrons. The van der Waals surface area contributed by atoms with Crippen LogP contribution in [0, 0.1) is 11.3 Å². The van der Waals surface area contributed by atoms with Gasteiger partial charge in [-0.1, -0.05) is 5.16 Å². The number of benzene rings is 1. The lowest BCUT2D eigenvalue weighted by molar-refractivity contribution is 0.152. The minimum absolute atomic E-state index is 0.0650. The Morgan fingerprint density at radius 3 is 2.31 bits per heavy atom. The van der Waals surface area contributed by atoms with Crippen LogP contribution in [0.25, 0.3) is 11.1 Å². The van der Waals surface area contributed by atoms with E-state index in [1.165, 1.54) is 34.7 Å². The Labute approximate surface area is 148 Å². The molecule has 0 aliphatic carbocycles. The third-order valence-corrected chi connectivity index (χ3v) is 3.66. The van der Waals surface area contributed by atoms with Crippen LogP contribution in [0.3, 0.4) is 0 Å². The molecule has 1 heterocycles. The molecule has 1 aromatic heterocycles. The quantitative estimate of drug-likeness (QED) is 0.599. The standard InChI is InChI=1S/C17H17F2N3O4/c1-23-12-6-5-9(15(24-2)16(12)25-3)13-11(8-21-26-4)22-10(7-20)14(13)17(18)19/h5-6,8,17,22H,1-4H3/b21-8+. The second kappa shape index (κ2) is 8.20. The Morgan fingerprint density at radius 1 is 1.12 bits per heavy atom. The molecule has 0 amide bonds. The van der Waals surface area contributed by atoms with Crippen molar-refractivity contribution in [3.63, 3.8) is 0 Å². The molecule has 0 atom stereocenters. The van der Waals surface area contributed by atoms with Crippen molar-refractivity contribution in [3.8, 4) is 34.4 Å². The number of nitrogens with zero attached hydrogens (tertiary/aromatic N) is 2. The first-order valence-corrected chi connectivity index (χ1v) is 7.33. The number of hydrogen-bond donors (Lipinski definition) is 1. The maximum atomic E-state index is 13.7. The predicted molar refractivity (Wildman–Crippen MR) is 90.2 cm³/mol. The number of nitrogens with one attached hydrogen (secondary N) is 1. The van der Waals surface area contributed by atoms with Crippen LogP contribution in [0.4, 0.5) is 8.78 Å². The van der Waals surface area contributed by atoms with Gasteiger partial charge in [-0.2, -0.15) is 5.26 Å². The fraction of sp³-hybridized carbons (Fsp3) is 0.294. The number of hydrogen-bond acceptors (Lipinski definition) is 6. The number of methoxy groups -OCH3 is 3. The average molecular weight is 365 g/mol. The summed E-state index contributed by atoms with van der Waals surface area (Å²) in [7, 11) is 5.55. The molecule has 0 aliphatic heterocycles. The molecule has 7 nitrogen and oxygen atoms in total. The van der Waals surface area contributed by atoms with E-state index >= 15 is 0 Å². The van der Waals surface area contributed by atoms with Gasteiger partial charge in [-0.25, -0.2) is 8.78 Å². The van der Waals surface area contributed by atoms with Crippen molar-refractivity contribution in [2.45, 2.75) is 6.43 Å². The van der Waals surface area contributed by atoms with Crippen LogP contribution in [0.1, 0.15) is 23.4 Å². The van der Waals surface area contributed by atoms with E-state index in [9.17, 15) is 14.0 Å². The predicted octanol–water partition coefficient (Wildman–Crippen LogP) is 3.50.